The maximum atomic E-state index is 12.7. The summed E-state index contributed by atoms with van der Waals surface area (Å²) in [5.74, 6) is 0. The van der Waals surface area contributed by atoms with Gasteiger partial charge in [-0.05, 0) is 50.8 Å². The van der Waals surface area contributed by atoms with Gasteiger partial charge in [0.15, 0.2) is 0 Å². The molecule has 3 N–H and O–H groups in total. The summed E-state index contributed by atoms with van der Waals surface area (Å²) in [5, 5.41) is 7.18. The fourth-order valence-electron chi connectivity index (χ4n) is 2.10. The Balaban J connectivity index is 0.00000178. The molecule has 0 heterocycles. The summed E-state index contributed by atoms with van der Waals surface area (Å²) in [4.78, 5) is 5.28. The van der Waals surface area contributed by atoms with Gasteiger partial charge in [0, 0.05) is 33.4 Å². The third-order valence-corrected chi connectivity index (χ3v) is 3.76. The molecule has 0 spiro atoms. The number of allylic oxidation sites excluding steroid dienone is 2. The van der Waals surface area contributed by atoms with Gasteiger partial charge in [-0.1, -0.05) is 29.4 Å². The lowest BCUT2D eigenvalue weighted by Gasteiger charge is -2.10. The van der Waals surface area contributed by atoms with Crippen molar-refractivity contribution in [3.05, 3.63) is 47.5 Å². The highest BCUT2D eigenvalue weighted by atomic mass is 19.4. The van der Waals surface area contributed by atoms with E-state index in [1.165, 1.54) is 12.1 Å². The van der Waals surface area contributed by atoms with E-state index in [-0.39, 0.29) is 0 Å². The lowest BCUT2D eigenvalue weighted by molar-refractivity contribution is -0.137. The molecule has 0 bridgehead atoms. The molecule has 0 aliphatic rings. The Morgan fingerprint density at radius 2 is 1.72 bits per heavy atom. The van der Waals surface area contributed by atoms with Crippen LogP contribution in [-0.4, -0.2) is 45.7 Å². The number of hydrogen-bond acceptors (Lipinski definition) is 5. The minimum atomic E-state index is -4.35. The van der Waals surface area contributed by atoms with Gasteiger partial charge in [-0.3, -0.25) is 0 Å². The fourth-order valence-corrected chi connectivity index (χ4v) is 2.10. The maximum absolute atomic E-state index is 12.7. The average Bonchev–Trinajstić information content (AvgIpc) is 2.71. The van der Waals surface area contributed by atoms with E-state index >= 15 is 0 Å². The zero-order chi connectivity index (χ0) is 22.0. The van der Waals surface area contributed by atoms with Gasteiger partial charge in [-0.25, -0.2) is 0 Å². The Bertz CT molecular complexity index is 570. The summed E-state index contributed by atoms with van der Waals surface area (Å²) in [5.41, 5.74) is 5.94. The quantitative estimate of drug-likeness (QED) is 0.229. The monoisotopic (exact) mass is 417 g/mol. The van der Waals surface area contributed by atoms with Crippen LogP contribution >= 0.6 is 0 Å². The Morgan fingerprint density at radius 3 is 2.24 bits per heavy atom. The molecular formula is C21H34F3N3O2. The third kappa shape index (κ3) is 13.8. The van der Waals surface area contributed by atoms with Crippen molar-refractivity contribution in [1.29, 1.82) is 0 Å². The molecule has 0 aliphatic heterocycles. The maximum Gasteiger partial charge on any atom is 0.416 e. The number of halogens is 3. The molecule has 0 aliphatic carbocycles. The first-order valence-electron chi connectivity index (χ1n) is 9.74. The lowest BCUT2D eigenvalue weighted by Crippen LogP contribution is -2.25. The Hall–Kier alpha value is -1.90. The van der Waals surface area contributed by atoms with Gasteiger partial charge in [-0.15, -0.1) is 0 Å². The zero-order valence-corrected chi connectivity index (χ0v) is 17.6. The van der Waals surface area contributed by atoms with Crippen LogP contribution in [0.3, 0.4) is 0 Å². The van der Waals surface area contributed by atoms with Crippen LogP contribution < -0.4 is 11.1 Å². The molecule has 0 fully saturated rings. The molecule has 0 aromatic heterocycles. The van der Waals surface area contributed by atoms with E-state index in [1.54, 1.807) is 7.11 Å². The van der Waals surface area contributed by atoms with E-state index in [2.05, 4.69) is 10.5 Å². The molecule has 166 valence electrons. The molecule has 0 unspecified atom stereocenters. The molecule has 29 heavy (non-hydrogen) atoms. The Kier molecular flexibility index (Phi) is 15.9. The van der Waals surface area contributed by atoms with Crippen molar-refractivity contribution < 1.29 is 22.7 Å². The lowest BCUT2D eigenvalue weighted by atomic mass is 10.0. The third-order valence-electron chi connectivity index (χ3n) is 3.76. The first-order valence-corrected chi connectivity index (χ1v) is 9.74. The van der Waals surface area contributed by atoms with E-state index in [0.29, 0.717) is 50.5 Å². The highest BCUT2D eigenvalue weighted by Crippen LogP contribution is 2.29. The number of nitrogens with one attached hydrogen (secondary N) is 1. The minimum absolute atomic E-state index is 0.363. The highest BCUT2D eigenvalue weighted by Gasteiger charge is 2.30. The second-order valence-electron chi connectivity index (χ2n) is 6.10. The molecule has 5 nitrogen and oxygen atoms in total. The van der Waals surface area contributed by atoms with E-state index < -0.39 is 11.7 Å². The molecule has 0 radical (unpaired) electrons. The van der Waals surface area contributed by atoms with Crippen LogP contribution in [-0.2, 0) is 15.8 Å². The van der Waals surface area contributed by atoms with E-state index in [9.17, 15) is 13.2 Å². The number of hydrogen-bond donors (Lipinski definition) is 2. The molecule has 1 aromatic carbocycles. The van der Waals surface area contributed by atoms with Crippen LogP contribution in [0, 0.1) is 0 Å². The molecule has 0 saturated carbocycles. The van der Waals surface area contributed by atoms with Crippen LogP contribution in [0.5, 0.6) is 0 Å². The number of benzene rings is 1. The first-order chi connectivity index (χ1) is 13.9. The SMILES string of the molecule is C/C=C\C.COCCCC/C(=N\OCCNCCN)c1ccc(C(F)(F)F)cc1. The molecule has 1 aromatic rings. The number of oxime groups is 1. The summed E-state index contributed by atoms with van der Waals surface area (Å²) in [6, 6.07) is 4.97. The number of methoxy groups -OCH3 is 1. The molecule has 0 amide bonds. The predicted molar refractivity (Wildman–Crippen MR) is 112 cm³/mol. The van der Waals surface area contributed by atoms with Crippen molar-refractivity contribution in [1.82, 2.24) is 5.32 Å². The van der Waals surface area contributed by atoms with Gasteiger partial charge >= 0.3 is 6.18 Å². The summed E-state index contributed by atoms with van der Waals surface area (Å²) in [7, 11) is 1.63. The highest BCUT2D eigenvalue weighted by molar-refractivity contribution is 6.00. The van der Waals surface area contributed by atoms with Gasteiger partial charge in [0.05, 0.1) is 11.3 Å². The summed E-state index contributed by atoms with van der Waals surface area (Å²) >= 11 is 0. The number of ether oxygens (including phenoxy) is 1. The fraction of sp³-hybridized carbons (Fsp3) is 0.571. The van der Waals surface area contributed by atoms with Gasteiger partial charge in [-0.2, -0.15) is 13.2 Å². The molecule has 8 heteroatoms. The van der Waals surface area contributed by atoms with Crippen molar-refractivity contribution >= 4 is 5.71 Å². The zero-order valence-electron chi connectivity index (χ0n) is 17.6. The number of nitrogens with zero attached hydrogens (tertiary/aromatic N) is 1. The van der Waals surface area contributed by atoms with Crippen LogP contribution in [0.4, 0.5) is 13.2 Å². The van der Waals surface area contributed by atoms with Crippen LogP contribution in [0.2, 0.25) is 0 Å². The van der Waals surface area contributed by atoms with E-state index in [4.69, 9.17) is 15.3 Å². The standard InChI is InChI=1S/C17H26F3N3O2.C4H8/c1-24-12-3-2-4-16(23-25-13-11-22-10-9-21)14-5-7-15(8-6-14)17(18,19)20;1-3-4-2/h5-8,22H,2-4,9-13,21H2,1H3;3-4H,1-2H3/b23-16+;4-3-. The largest absolute Gasteiger partial charge is 0.416 e. The topological polar surface area (TPSA) is 68.9 Å². The van der Waals surface area contributed by atoms with E-state index in [1.807, 2.05) is 26.0 Å². The Morgan fingerprint density at radius 1 is 1.07 bits per heavy atom. The first kappa shape index (κ1) is 27.1. The van der Waals surface area contributed by atoms with Gasteiger partial charge in [0.1, 0.15) is 6.61 Å². The van der Waals surface area contributed by atoms with Crippen LogP contribution in [0.1, 0.15) is 44.2 Å². The van der Waals surface area contributed by atoms with Crippen LogP contribution in [0.15, 0.2) is 41.6 Å². The normalized spacial score (nSPS) is 12.0. The van der Waals surface area contributed by atoms with E-state index in [0.717, 1.165) is 25.0 Å². The van der Waals surface area contributed by atoms with Crippen molar-refractivity contribution in [3.63, 3.8) is 0 Å². The average molecular weight is 418 g/mol. The smallest absolute Gasteiger partial charge is 0.394 e. The minimum Gasteiger partial charge on any atom is -0.394 e. The number of nitrogens with two attached hydrogens (primary N) is 1. The van der Waals surface area contributed by atoms with Gasteiger partial charge < -0.3 is 20.6 Å². The predicted octanol–water partition coefficient (Wildman–Crippen LogP) is 4.37. The van der Waals surface area contributed by atoms with Crippen molar-refractivity contribution in [2.24, 2.45) is 10.9 Å². The van der Waals surface area contributed by atoms with Crippen molar-refractivity contribution in [3.8, 4) is 0 Å². The second kappa shape index (κ2) is 17.0. The summed E-state index contributed by atoms with van der Waals surface area (Å²) in [6.45, 7) is 6.83. The molecule has 0 saturated heterocycles. The van der Waals surface area contributed by atoms with Gasteiger partial charge in [0.2, 0.25) is 0 Å². The number of alkyl halides is 3. The number of unbranched alkanes of at least 4 members (excludes halogenated alkanes) is 1. The van der Waals surface area contributed by atoms with Gasteiger partial charge in [0.25, 0.3) is 0 Å². The molecular weight excluding hydrogens is 383 g/mol. The second-order valence-corrected chi connectivity index (χ2v) is 6.10. The summed E-state index contributed by atoms with van der Waals surface area (Å²) in [6.07, 6.45) is 1.90. The molecule has 0 atom stereocenters. The van der Waals surface area contributed by atoms with Crippen LogP contribution in [0.25, 0.3) is 0 Å². The summed E-state index contributed by atoms with van der Waals surface area (Å²) < 4.78 is 43.0. The molecule has 1 rings (SSSR count). The number of rotatable bonds is 12. The van der Waals surface area contributed by atoms with Crippen molar-refractivity contribution in [2.75, 3.05) is 40.0 Å². The Labute approximate surface area is 172 Å². The van der Waals surface area contributed by atoms with Crippen molar-refractivity contribution in [2.45, 2.75) is 39.3 Å².